The third kappa shape index (κ3) is 3.22. The molecule has 1 aliphatic heterocycles. The second kappa shape index (κ2) is 7.24. The van der Waals surface area contributed by atoms with Gasteiger partial charge in [-0.15, -0.1) is 0 Å². The van der Waals surface area contributed by atoms with Crippen LogP contribution in [-0.4, -0.2) is 26.6 Å². The van der Waals surface area contributed by atoms with E-state index in [0.29, 0.717) is 25.3 Å². The van der Waals surface area contributed by atoms with Gasteiger partial charge >= 0.3 is 0 Å². The van der Waals surface area contributed by atoms with Crippen LogP contribution in [-0.2, 0) is 16.4 Å². The second-order valence-electron chi connectivity index (χ2n) is 6.43. The molecule has 5 nitrogen and oxygen atoms in total. The highest BCUT2D eigenvalue weighted by molar-refractivity contribution is 7.92. The highest BCUT2D eigenvalue weighted by Crippen LogP contribution is 2.36. The predicted octanol–water partition coefficient (Wildman–Crippen LogP) is 4.04. The Labute approximate surface area is 163 Å². The molecule has 1 aliphatic rings. The number of fused-ring (bicyclic) bond motifs is 1. The first-order valence-corrected chi connectivity index (χ1v) is 10.4. The monoisotopic (exact) mass is 398 g/mol. The lowest BCUT2D eigenvalue weighted by atomic mass is 10.0. The quantitative estimate of drug-likeness (QED) is 0.651. The van der Waals surface area contributed by atoms with E-state index < -0.39 is 15.8 Å². The molecular formula is C21H19FN2O3S. The number of sulfonamides is 1. The number of hydrogen-bond acceptors (Lipinski definition) is 4. The van der Waals surface area contributed by atoms with Crippen molar-refractivity contribution in [2.24, 2.45) is 0 Å². The zero-order valence-corrected chi connectivity index (χ0v) is 16.1. The van der Waals surface area contributed by atoms with Crippen LogP contribution in [0.2, 0.25) is 0 Å². The summed E-state index contributed by atoms with van der Waals surface area (Å²) in [6.07, 6.45) is 4.05. The lowest BCUT2D eigenvalue weighted by Gasteiger charge is -2.20. The van der Waals surface area contributed by atoms with Crippen LogP contribution in [0.1, 0.15) is 12.5 Å². The summed E-state index contributed by atoms with van der Waals surface area (Å²) in [7, 11) is -3.86. The summed E-state index contributed by atoms with van der Waals surface area (Å²) < 4.78 is 46.8. The van der Waals surface area contributed by atoms with Gasteiger partial charge in [-0.05, 0) is 72.5 Å². The van der Waals surface area contributed by atoms with Gasteiger partial charge in [0.15, 0.2) is 11.6 Å². The fourth-order valence-electron chi connectivity index (χ4n) is 3.39. The van der Waals surface area contributed by atoms with Crippen molar-refractivity contribution in [1.82, 2.24) is 4.98 Å². The second-order valence-corrected chi connectivity index (χ2v) is 8.29. The van der Waals surface area contributed by atoms with Gasteiger partial charge in [0.2, 0.25) is 0 Å². The zero-order valence-electron chi connectivity index (χ0n) is 15.3. The Bertz CT molecular complexity index is 1120. The summed E-state index contributed by atoms with van der Waals surface area (Å²) in [6.45, 7) is 2.38. The van der Waals surface area contributed by atoms with Crippen molar-refractivity contribution < 1.29 is 17.5 Å². The van der Waals surface area contributed by atoms with E-state index in [9.17, 15) is 12.8 Å². The topological polar surface area (TPSA) is 59.5 Å². The number of benzene rings is 2. The van der Waals surface area contributed by atoms with Crippen LogP contribution >= 0.6 is 0 Å². The molecule has 0 N–H and O–H groups in total. The van der Waals surface area contributed by atoms with Gasteiger partial charge < -0.3 is 4.74 Å². The third-order valence-corrected chi connectivity index (χ3v) is 6.55. The lowest BCUT2D eigenvalue weighted by Crippen LogP contribution is -2.29. The number of hydrogen-bond donors (Lipinski definition) is 0. The van der Waals surface area contributed by atoms with E-state index in [2.05, 4.69) is 4.98 Å². The summed E-state index contributed by atoms with van der Waals surface area (Å²) in [5.74, 6) is -0.638. The average Bonchev–Trinajstić information content (AvgIpc) is 3.14. The highest BCUT2D eigenvalue weighted by Gasteiger charge is 2.31. The van der Waals surface area contributed by atoms with Crippen molar-refractivity contribution in [3.05, 3.63) is 72.3 Å². The van der Waals surface area contributed by atoms with E-state index in [1.165, 1.54) is 16.4 Å². The fourth-order valence-corrected chi connectivity index (χ4v) is 4.90. The van der Waals surface area contributed by atoms with Crippen LogP contribution in [0.15, 0.2) is 65.8 Å². The molecule has 0 aliphatic carbocycles. The molecule has 4 rings (SSSR count). The predicted molar refractivity (Wildman–Crippen MR) is 105 cm³/mol. The first-order valence-electron chi connectivity index (χ1n) is 8.99. The Morgan fingerprint density at radius 1 is 1.07 bits per heavy atom. The van der Waals surface area contributed by atoms with Gasteiger partial charge in [0.05, 0.1) is 17.2 Å². The Morgan fingerprint density at radius 3 is 2.57 bits per heavy atom. The molecule has 0 fully saturated rings. The molecule has 0 radical (unpaired) electrons. The number of rotatable bonds is 5. The number of anilines is 1. The van der Waals surface area contributed by atoms with Crippen molar-refractivity contribution in [3.63, 3.8) is 0 Å². The van der Waals surface area contributed by atoms with Gasteiger partial charge in [-0.25, -0.2) is 12.8 Å². The van der Waals surface area contributed by atoms with Crippen LogP contribution in [0.25, 0.3) is 11.1 Å². The molecule has 1 aromatic heterocycles. The van der Waals surface area contributed by atoms with E-state index in [1.54, 1.807) is 25.4 Å². The molecule has 0 spiro atoms. The van der Waals surface area contributed by atoms with E-state index in [4.69, 9.17) is 4.74 Å². The number of halogens is 1. The first kappa shape index (κ1) is 18.4. The third-order valence-electron chi connectivity index (χ3n) is 4.74. The van der Waals surface area contributed by atoms with Crippen molar-refractivity contribution in [2.45, 2.75) is 18.2 Å². The number of nitrogens with zero attached hydrogens (tertiary/aromatic N) is 2. The molecular weight excluding hydrogens is 379 g/mol. The van der Waals surface area contributed by atoms with Crippen LogP contribution in [0.3, 0.4) is 0 Å². The molecule has 2 aromatic carbocycles. The summed E-state index contributed by atoms with van der Waals surface area (Å²) in [6, 6.07) is 13.3. The Morgan fingerprint density at radius 2 is 1.86 bits per heavy atom. The molecule has 3 aromatic rings. The smallest absolute Gasteiger partial charge is 0.264 e. The summed E-state index contributed by atoms with van der Waals surface area (Å²) in [5.41, 5.74) is 3.61. The molecule has 144 valence electrons. The van der Waals surface area contributed by atoms with Gasteiger partial charge in [-0.2, -0.15) is 0 Å². The fraction of sp³-hybridized carbons (Fsp3) is 0.190. The molecule has 0 saturated carbocycles. The maximum atomic E-state index is 14.2. The Kier molecular flexibility index (Phi) is 4.77. The van der Waals surface area contributed by atoms with Gasteiger partial charge in [0, 0.05) is 18.9 Å². The SMILES string of the molecule is CCOc1ccc(S(=O)(=O)N2CCc3cc(-c4ccncc4)ccc32)cc1F. The van der Waals surface area contributed by atoms with Gasteiger partial charge in [-0.1, -0.05) is 6.07 Å². The molecule has 0 saturated heterocycles. The Hall–Kier alpha value is -2.93. The van der Waals surface area contributed by atoms with Crippen LogP contribution < -0.4 is 9.04 Å². The first-order chi connectivity index (χ1) is 13.5. The van der Waals surface area contributed by atoms with Crippen LogP contribution in [0.4, 0.5) is 10.1 Å². The summed E-state index contributed by atoms with van der Waals surface area (Å²) >= 11 is 0. The van der Waals surface area contributed by atoms with Gasteiger partial charge in [-0.3, -0.25) is 9.29 Å². The number of aromatic nitrogens is 1. The summed E-state index contributed by atoms with van der Waals surface area (Å²) in [4.78, 5) is 3.94. The minimum absolute atomic E-state index is 0.0465. The minimum Gasteiger partial charge on any atom is -0.491 e. The van der Waals surface area contributed by atoms with Crippen molar-refractivity contribution >= 4 is 15.7 Å². The van der Waals surface area contributed by atoms with E-state index in [0.717, 1.165) is 22.8 Å². The van der Waals surface area contributed by atoms with Crippen molar-refractivity contribution in [2.75, 3.05) is 17.5 Å². The van der Waals surface area contributed by atoms with Crippen molar-refractivity contribution in [1.29, 1.82) is 0 Å². The number of ether oxygens (including phenoxy) is 1. The molecule has 0 bridgehead atoms. The van der Waals surface area contributed by atoms with E-state index in [-0.39, 0.29) is 10.6 Å². The molecule has 28 heavy (non-hydrogen) atoms. The van der Waals surface area contributed by atoms with Gasteiger partial charge in [0.25, 0.3) is 10.0 Å². The maximum Gasteiger partial charge on any atom is 0.264 e. The highest BCUT2D eigenvalue weighted by atomic mass is 32.2. The van der Waals surface area contributed by atoms with Gasteiger partial charge in [0.1, 0.15) is 0 Å². The van der Waals surface area contributed by atoms with E-state index in [1.807, 2.05) is 24.3 Å². The normalized spacial score (nSPS) is 13.4. The maximum absolute atomic E-state index is 14.2. The lowest BCUT2D eigenvalue weighted by molar-refractivity contribution is 0.321. The molecule has 0 atom stereocenters. The van der Waals surface area contributed by atoms with Crippen LogP contribution in [0.5, 0.6) is 5.75 Å². The standard InChI is InChI=1S/C21H19FN2O3S/c1-2-27-21-6-4-18(14-19(21)22)28(25,26)24-12-9-17-13-16(3-5-20(17)24)15-7-10-23-11-8-15/h3-8,10-11,13-14H,2,9,12H2,1H3. The van der Waals surface area contributed by atoms with Crippen molar-refractivity contribution in [3.8, 4) is 16.9 Å². The molecule has 0 amide bonds. The Balaban J connectivity index is 1.68. The van der Waals surface area contributed by atoms with E-state index >= 15 is 0 Å². The van der Waals surface area contributed by atoms with Crippen LogP contribution in [0, 0.1) is 5.82 Å². The molecule has 7 heteroatoms. The number of pyridine rings is 1. The minimum atomic E-state index is -3.86. The largest absolute Gasteiger partial charge is 0.491 e. The molecule has 0 unspecified atom stereocenters. The average molecular weight is 398 g/mol. The summed E-state index contributed by atoms with van der Waals surface area (Å²) in [5, 5.41) is 0. The zero-order chi connectivity index (χ0) is 19.7. The molecule has 2 heterocycles.